The molecule has 1 fully saturated rings. The highest BCUT2D eigenvalue weighted by atomic mass is 35.5. The number of fused-ring (bicyclic) bond motifs is 1. The molecule has 0 atom stereocenters. The van der Waals surface area contributed by atoms with Gasteiger partial charge in [0.05, 0.1) is 11.4 Å². The zero-order valence-corrected chi connectivity index (χ0v) is 24.0. The van der Waals surface area contributed by atoms with E-state index in [0.29, 0.717) is 12.8 Å². The molecule has 1 aliphatic rings. The molecule has 0 saturated carbocycles. The van der Waals surface area contributed by atoms with E-state index in [9.17, 15) is 4.79 Å². The van der Waals surface area contributed by atoms with Crippen LogP contribution in [0.5, 0.6) is 0 Å². The van der Waals surface area contributed by atoms with E-state index in [1.165, 1.54) is 22.3 Å². The van der Waals surface area contributed by atoms with Crippen LogP contribution in [-0.4, -0.2) is 51.8 Å². The molecule has 4 aromatic rings. The SMILES string of the molecule is Cc1ccc(-n2nc(C)c3c(C)c(CCC(=O)N4CCN(c5cc(Cl)ccc5C)CC4)c(C)nc32)cc1C. The van der Waals surface area contributed by atoms with Crippen LogP contribution in [0, 0.1) is 41.5 Å². The summed E-state index contributed by atoms with van der Waals surface area (Å²) >= 11 is 6.23. The number of benzene rings is 2. The molecule has 1 amide bonds. The average molecular weight is 530 g/mol. The third kappa shape index (κ3) is 4.90. The highest BCUT2D eigenvalue weighted by Gasteiger charge is 2.23. The van der Waals surface area contributed by atoms with Crippen molar-refractivity contribution in [3.05, 3.63) is 80.6 Å². The van der Waals surface area contributed by atoms with Gasteiger partial charge in [0.15, 0.2) is 5.65 Å². The topological polar surface area (TPSA) is 54.3 Å². The molecule has 1 saturated heterocycles. The molecule has 0 radical (unpaired) electrons. The summed E-state index contributed by atoms with van der Waals surface area (Å²) in [4.78, 5) is 22.5. The minimum atomic E-state index is 0.203. The van der Waals surface area contributed by atoms with Crippen molar-refractivity contribution in [3.8, 4) is 5.69 Å². The average Bonchev–Trinajstić information content (AvgIpc) is 3.22. The second-order valence-electron chi connectivity index (χ2n) is 10.6. The number of aromatic nitrogens is 3. The number of amides is 1. The Morgan fingerprint density at radius 2 is 1.58 bits per heavy atom. The first-order valence-electron chi connectivity index (χ1n) is 13.4. The molecule has 0 bridgehead atoms. The fourth-order valence-corrected chi connectivity index (χ4v) is 5.79. The first-order valence-corrected chi connectivity index (χ1v) is 13.7. The summed E-state index contributed by atoms with van der Waals surface area (Å²) in [5.41, 5.74) is 11.0. The van der Waals surface area contributed by atoms with Gasteiger partial charge in [0, 0.05) is 54.4 Å². The van der Waals surface area contributed by atoms with E-state index in [1.54, 1.807) is 0 Å². The standard InChI is InChI=1S/C31H36ClN5O/c1-19-8-10-26(17-21(19)3)37-31-30(24(6)34-37)22(4)27(23(5)33-31)11-12-29(38)36-15-13-35(14-16-36)28-18-25(32)9-7-20(28)2/h7-10,17-18H,11-16H2,1-6H3. The molecule has 1 aliphatic heterocycles. The van der Waals surface area contributed by atoms with Crippen LogP contribution in [0.3, 0.4) is 0 Å². The number of hydrogen-bond acceptors (Lipinski definition) is 4. The van der Waals surface area contributed by atoms with E-state index in [1.807, 2.05) is 35.6 Å². The van der Waals surface area contributed by atoms with Crippen molar-refractivity contribution < 1.29 is 4.79 Å². The molecule has 7 heteroatoms. The summed E-state index contributed by atoms with van der Waals surface area (Å²) in [6.45, 7) is 15.6. The van der Waals surface area contributed by atoms with Gasteiger partial charge in [-0.15, -0.1) is 0 Å². The molecular weight excluding hydrogens is 494 g/mol. The Kier molecular flexibility index (Phi) is 7.19. The molecular formula is C31H36ClN5O. The van der Waals surface area contributed by atoms with E-state index < -0.39 is 0 Å². The number of carbonyl (C=O) groups is 1. The smallest absolute Gasteiger partial charge is 0.223 e. The second kappa shape index (κ2) is 10.4. The van der Waals surface area contributed by atoms with Crippen LogP contribution in [0.2, 0.25) is 5.02 Å². The van der Waals surface area contributed by atoms with Crippen LogP contribution < -0.4 is 4.90 Å². The van der Waals surface area contributed by atoms with E-state index in [0.717, 1.165) is 70.6 Å². The normalized spacial score (nSPS) is 14.0. The second-order valence-corrected chi connectivity index (χ2v) is 11.0. The van der Waals surface area contributed by atoms with Crippen molar-refractivity contribution in [1.82, 2.24) is 19.7 Å². The van der Waals surface area contributed by atoms with Crippen LogP contribution in [0.1, 0.15) is 45.6 Å². The lowest BCUT2D eigenvalue weighted by molar-refractivity contribution is -0.131. The summed E-state index contributed by atoms with van der Waals surface area (Å²) in [6, 6.07) is 12.4. The highest BCUT2D eigenvalue weighted by Crippen LogP contribution is 2.29. The van der Waals surface area contributed by atoms with Crippen molar-refractivity contribution in [1.29, 1.82) is 0 Å². The Hall–Kier alpha value is -3.38. The Morgan fingerprint density at radius 3 is 2.29 bits per heavy atom. The minimum Gasteiger partial charge on any atom is -0.368 e. The summed E-state index contributed by atoms with van der Waals surface area (Å²) < 4.78 is 1.95. The largest absolute Gasteiger partial charge is 0.368 e. The highest BCUT2D eigenvalue weighted by molar-refractivity contribution is 6.30. The number of hydrogen-bond donors (Lipinski definition) is 0. The summed E-state index contributed by atoms with van der Waals surface area (Å²) in [5.74, 6) is 0.203. The van der Waals surface area contributed by atoms with Crippen LogP contribution in [0.15, 0.2) is 36.4 Å². The molecule has 2 aromatic heterocycles. The zero-order valence-electron chi connectivity index (χ0n) is 23.2. The van der Waals surface area contributed by atoms with Crippen molar-refractivity contribution in [2.24, 2.45) is 0 Å². The van der Waals surface area contributed by atoms with Gasteiger partial charge in [0.2, 0.25) is 5.91 Å². The van der Waals surface area contributed by atoms with Gasteiger partial charge < -0.3 is 9.80 Å². The molecule has 0 N–H and O–H groups in total. The fraction of sp³-hybridized carbons (Fsp3) is 0.387. The third-order valence-corrected chi connectivity index (χ3v) is 8.28. The lowest BCUT2D eigenvalue weighted by Gasteiger charge is -2.37. The molecule has 38 heavy (non-hydrogen) atoms. The number of rotatable bonds is 5. The number of anilines is 1. The molecule has 0 spiro atoms. The van der Waals surface area contributed by atoms with Crippen molar-refractivity contribution in [2.75, 3.05) is 31.1 Å². The number of nitrogens with zero attached hydrogens (tertiary/aromatic N) is 5. The van der Waals surface area contributed by atoms with Gasteiger partial charge >= 0.3 is 0 Å². The quantitative estimate of drug-likeness (QED) is 0.308. The molecule has 2 aromatic carbocycles. The van der Waals surface area contributed by atoms with Gasteiger partial charge in [-0.05, 0) is 100 Å². The van der Waals surface area contributed by atoms with Crippen molar-refractivity contribution in [2.45, 2.75) is 54.4 Å². The molecule has 5 rings (SSSR count). The van der Waals surface area contributed by atoms with Gasteiger partial charge in [-0.1, -0.05) is 23.7 Å². The van der Waals surface area contributed by atoms with Crippen LogP contribution in [0.4, 0.5) is 5.69 Å². The summed E-state index contributed by atoms with van der Waals surface area (Å²) in [6.07, 6.45) is 1.16. The molecule has 0 aliphatic carbocycles. The fourth-order valence-electron chi connectivity index (χ4n) is 5.62. The molecule has 198 valence electrons. The Morgan fingerprint density at radius 1 is 0.868 bits per heavy atom. The number of halogens is 1. The number of pyridine rings is 1. The maximum atomic E-state index is 13.2. The predicted octanol–water partition coefficient (Wildman–Crippen LogP) is 6.21. The maximum Gasteiger partial charge on any atom is 0.223 e. The van der Waals surface area contributed by atoms with E-state index >= 15 is 0 Å². The van der Waals surface area contributed by atoms with Gasteiger partial charge in [-0.2, -0.15) is 5.10 Å². The van der Waals surface area contributed by atoms with E-state index in [4.69, 9.17) is 21.7 Å². The zero-order chi connectivity index (χ0) is 27.1. The van der Waals surface area contributed by atoms with Gasteiger partial charge in [0.25, 0.3) is 0 Å². The summed E-state index contributed by atoms with van der Waals surface area (Å²) in [7, 11) is 0. The van der Waals surface area contributed by atoms with Gasteiger partial charge in [0.1, 0.15) is 0 Å². The first kappa shape index (κ1) is 26.2. The molecule has 0 unspecified atom stereocenters. The monoisotopic (exact) mass is 529 g/mol. The van der Waals surface area contributed by atoms with Crippen molar-refractivity contribution >= 4 is 34.2 Å². The van der Waals surface area contributed by atoms with E-state index in [2.05, 4.69) is 56.9 Å². The van der Waals surface area contributed by atoms with Crippen LogP contribution in [0.25, 0.3) is 16.7 Å². The lowest BCUT2D eigenvalue weighted by Crippen LogP contribution is -2.49. The van der Waals surface area contributed by atoms with Crippen LogP contribution in [-0.2, 0) is 11.2 Å². The Labute approximate surface area is 230 Å². The van der Waals surface area contributed by atoms with Crippen LogP contribution >= 0.6 is 11.6 Å². The first-order chi connectivity index (χ1) is 18.1. The number of piperazine rings is 1. The minimum absolute atomic E-state index is 0.203. The lowest BCUT2D eigenvalue weighted by atomic mass is 9.99. The summed E-state index contributed by atoms with van der Waals surface area (Å²) in [5, 5.41) is 6.68. The number of carbonyl (C=O) groups excluding carboxylic acids is 1. The Balaban J connectivity index is 1.30. The third-order valence-electron chi connectivity index (χ3n) is 8.04. The number of aryl methyl sites for hydroxylation is 6. The van der Waals surface area contributed by atoms with Crippen molar-refractivity contribution in [3.63, 3.8) is 0 Å². The maximum absolute atomic E-state index is 13.2. The molecule has 3 heterocycles. The van der Waals surface area contributed by atoms with Gasteiger partial charge in [-0.3, -0.25) is 4.79 Å². The predicted molar refractivity (Wildman–Crippen MR) is 156 cm³/mol. The molecule has 6 nitrogen and oxygen atoms in total. The van der Waals surface area contributed by atoms with Gasteiger partial charge in [-0.25, -0.2) is 9.67 Å². The Bertz CT molecular complexity index is 1530. The van der Waals surface area contributed by atoms with E-state index in [-0.39, 0.29) is 5.91 Å².